The van der Waals surface area contributed by atoms with Crippen LogP contribution in [0, 0.1) is 5.92 Å². The second-order valence-electron chi connectivity index (χ2n) is 5.72. The van der Waals surface area contributed by atoms with Crippen LogP contribution in [0.5, 0.6) is 0 Å². The Morgan fingerprint density at radius 3 is 2.62 bits per heavy atom. The molecule has 0 spiro atoms. The lowest BCUT2D eigenvalue weighted by Gasteiger charge is -2.15. The van der Waals surface area contributed by atoms with Crippen molar-refractivity contribution in [3.63, 3.8) is 0 Å². The molecule has 0 aromatic carbocycles. The van der Waals surface area contributed by atoms with Crippen LogP contribution < -0.4 is 16.0 Å². The van der Waals surface area contributed by atoms with Crippen molar-refractivity contribution in [2.75, 3.05) is 38.1 Å². The summed E-state index contributed by atoms with van der Waals surface area (Å²) in [6, 6.07) is 1.66. The Kier molecular flexibility index (Phi) is 15.2. The summed E-state index contributed by atoms with van der Waals surface area (Å²) in [5, 5.41) is 19.8. The van der Waals surface area contributed by atoms with Gasteiger partial charge < -0.3 is 21.1 Å². The minimum Gasteiger partial charge on any atom is -0.396 e. The van der Waals surface area contributed by atoms with Gasteiger partial charge in [-0.15, -0.1) is 24.0 Å². The van der Waals surface area contributed by atoms with Crippen molar-refractivity contribution < 1.29 is 5.11 Å². The summed E-state index contributed by atoms with van der Waals surface area (Å²) in [6.07, 6.45) is 4.53. The fourth-order valence-corrected chi connectivity index (χ4v) is 2.83. The predicted octanol–water partition coefficient (Wildman–Crippen LogP) is 3.77. The number of aliphatic imine (C=N–C) groups is 1. The average molecular weight is 518 g/mol. The van der Waals surface area contributed by atoms with E-state index in [4.69, 9.17) is 28.3 Å². The van der Waals surface area contributed by atoms with E-state index in [0.717, 1.165) is 31.8 Å². The van der Waals surface area contributed by atoms with Gasteiger partial charge in [-0.05, 0) is 31.7 Å². The molecule has 1 heterocycles. The second-order valence-corrected chi connectivity index (χ2v) is 6.57. The second kappa shape index (κ2) is 15.5. The van der Waals surface area contributed by atoms with Gasteiger partial charge in [0, 0.05) is 39.0 Å². The molecule has 1 aromatic heterocycles. The van der Waals surface area contributed by atoms with Crippen LogP contribution in [-0.4, -0.2) is 48.8 Å². The van der Waals surface area contributed by atoms with Crippen LogP contribution in [0.1, 0.15) is 33.1 Å². The minimum absolute atomic E-state index is 0. The quantitative estimate of drug-likeness (QED) is 0.155. The van der Waals surface area contributed by atoms with Crippen LogP contribution in [0.2, 0.25) is 10.0 Å². The van der Waals surface area contributed by atoms with Gasteiger partial charge in [0.2, 0.25) is 0 Å². The van der Waals surface area contributed by atoms with Crippen molar-refractivity contribution >= 4 is 59.0 Å². The van der Waals surface area contributed by atoms with Crippen LogP contribution in [-0.2, 0) is 0 Å². The number of hydrogen-bond acceptors (Lipinski definition) is 4. The highest BCUT2D eigenvalue weighted by atomic mass is 127. The molecule has 0 aliphatic rings. The van der Waals surface area contributed by atoms with Crippen LogP contribution >= 0.6 is 47.2 Å². The van der Waals surface area contributed by atoms with Crippen LogP contribution in [0.25, 0.3) is 0 Å². The number of nitrogens with zero attached hydrogens (tertiary/aromatic N) is 2. The van der Waals surface area contributed by atoms with Gasteiger partial charge in [-0.1, -0.05) is 36.5 Å². The smallest absolute Gasteiger partial charge is 0.191 e. The van der Waals surface area contributed by atoms with Crippen molar-refractivity contribution in [1.29, 1.82) is 0 Å². The first-order valence-corrected chi connectivity index (χ1v) is 9.54. The molecule has 0 bridgehead atoms. The molecule has 9 heteroatoms. The maximum atomic E-state index is 9.14. The molecule has 1 atom stereocenters. The number of aliphatic hydroxyl groups excluding tert-OH is 1. The molecule has 6 nitrogen and oxygen atoms in total. The number of guanidine groups is 1. The topological polar surface area (TPSA) is 81.6 Å². The number of anilines is 1. The van der Waals surface area contributed by atoms with E-state index >= 15 is 0 Å². The average Bonchev–Trinajstić information content (AvgIpc) is 2.58. The zero-order valence-electron chi connectivity index (χ0n) is 15.4. The van der Waals surface area contributed by atoms with Crippen molar-refractivity contribution in [2.45, 2.75) is 33.1 Å². The van der Waals surface area contributed by atoms with E-state index in [1.54, 1.807) is 12.3 Å². The highest BCUT2D eigenvalue weighted by Crippen LogP contribution is 2.21. The summed E-state index contributed by atoms with van der Waals surface area (Å²) in [6.45, 7) is 7.22. The summed E-state index contributed by atoms with van der Waals surface area (Å²) in [5.74, 6) is 1.81. The molecular weight excluding hydrogens is 488 g/mol. The highest BCUT2D eigenvalue weighted by Gasteiger charge is 2.07. The first kappa shape index (κ1) is 25.5. The lowest BCUT2D eigenvalue weighted by molar-refractivity contribution is 0.253. The van der Waals surface area contributed by atoms with Crippen molar-refractivity contribution in [3.05, 3.63) is 22.3 Å². The van der Waals surface area contributed by atoms with Crippen molar-refractivity contribution in [2.24, 2.45) is 10.9 Å². The van der Waals surface area contributed by atoms with Crippen LogP contribution in [0.3, 0.4) is 0 Å². The van der Waals surface area contributed by atoms with Gasteiger partial charge in [-0.25, -0.2) is 4.98 Å². The summed E-state index contributed by atoms with van der Waals surface area (Å²) >= 11 is 11.9. The zero-order valence-corrected chi connectivity index (χ0v) is 19.2. The molecule has 150 valence electrons. The molecule has 0 radical (unpaired) electrons. The fraction of sp³-hybridized carbons (Fsp3) is 0.647. The van der Waals surface area contributed by atoms with Gasteiger partial charge in [0.25, 0.3) is 0 Å². The molecule has 4 N–H and O–H groups in total. The molecule has 0 aliphatic heterocycles. The molecule has 0 saturated carbocycles. The molecule has 26 heavy (non-hydrogen) atoms. The van der Waals surface area contributed by atoms with E-state index in [0.29, 0.717) is 41.4 Å². The van der Waals surface area contributed by atoms with Crippen molar-refractivity contribution in [3.8, 4) is 0 Å². The third-order valence-electron chi connectivity index (χ3n) is 3.60. The number of rotatable bonds is 11. The Labute approximate surface area is 183 Å². The summed E-state index contributed by atoms with van der Waals surface area (Å²) < 4.78 is 0. The fourth-order valence-electron chi connectivity index (χ4n) is 2.39. The lowest BCUT2D eigenvalue weighted by atomic mass is 10.0. The molecule has 1 rings (SSSR count). The SMILES string of the molecule is CCCC(CCO)CN=C(NCC)NCCNc1ncc(Cl)cc1Cl.I. The Hall–Kier alpha value is -0.510. The molecule has 0 aliphatic carbocycles. The summed E-state index contributed by atoms with van der Waals surface area (Å²) in [5.41, 5.74) is 0. The first-order valence-electron chi connectivity index (χ1n) is 8.78. The highest BCUT2D eigenvalue weighted by molar-refractivity contribution is 14.0. The van der Waals surface area contributed by atoms with Gasteiger partial charge in [-0.2, -0.15) is 0 Å². The maximum Gasteiger partial charge on any atom is 0.191 e. The zero-order chi connectivity index (χ0) is 18.5. The number of halogens is 3. The Balaban J connectivity index is 0.00000625. The third-order valence-corrected chi connectivity index (χ3v) is 4.10. The van der Waals surface area contributed by atoms with E-state index in [1.807, 2.05) is 6.92 Å². The molecule has 1 aromatic rings. The Bertz CT molecular complexity index is 528. The van der Waals surface area contributed by atoms with Crippen LogP contribution in [0.15, 0.2) is 17.3 Å². The number of aliphatic hydroxyl groups is 1. The maximum absolute atomic E-state index is 9.14. The lowest BCUT2D eigenvalue weighted by Crippen LogP contribution is -2.40. The van der Waals surface area contributed by atoms with E-state index in [2.05, 4.69) is 32.9 Å². The summed E-state index contributed by atoms with van der Waals surface area (Å²) in [4.78, 5) is 8.78. The Morgan fingerprint density at radius 2 is 2.00 bits per heavy atom. The largest absolute Gasteiger partial charge is 0.396 e. The number of aromatic nitrogens is 1. The Morgan fingerprint density at radius 1 is 1.23 bits per heavy atom. The number of hydrogen-bond donors (Lipinski definition) is 4. The molecule has 0 saturated heterocycles. The van der Waals surface area contributed by atoms with Gasteiger partial charge in [0.1, 0.15) is 5.82 Å². The predicted molar refractivity (Wildman–Crippen MR) is 122 cm³/mol. The van der Waals surface area contributed by atoms with Crippen LogP contribution in [0.4, 0.5) is 5.82 Å². The standard InChI is InChI=1S/C17H29Cl2N5O.HI/c1-3-5-13(6-9-25)11-24-17(20-4-2)22-8-7-21-16-15(19)10-14(18)12-23-16;/h10,12-13,25H,3-9,11H2,1-2H3,(H,21,23)(H2,20,22,24);1H. The van der Waals surface area contributed by atoms with E-state index in [9.17, 15) is 0 Å². The van der Waals surface area contributed by atoms with Gasteiger partial charge in [-0.3, -0.25) is 4.99 Å². The molecule has 0 fully saturated rings. The first-order chi connectivity index (χ1) is 12.1. The van der Waals surface area contributed by atoms with E-state index < -0.39 is 0 Å². The minimum atomic E-state index is 0. The third kappa shape index (κ3) is 10.6. The van der Waals surface area contributed by atoms with Gasteiger partial charge in [0.15, 0.2) is 5.96 Å². The summed E-state index contributed by atoms with van der Waals surface area (Å²) in [7, 11) is 0. The van der Waals surface area contributed by atoms with E-state index in [-0.39, 0.29) is 30.6 Å². The van der Waals surface area contributed by atoms with Gasteiger partial charge >= 0.3 is 0 Å². The number of nitrogens with one attached hydrogen (secondary N) is 3. The molecular formula is C17H30Cl2IN5O. The monoisotopic (exact) mass is 517 g/mol. The van der Waals surface area contributed by atoms with E-state index in [1.165, 1.54) is 0 Å². The van der Waals surface area contributed by atoms with Crippen molar-refractivity contribution in [1.82, 2.24) is 15.6 Å². The molecule has 0 amide bonds. The normalized spacial score (nSPS) is 12.3. The number of pyridine rings is 1. The molecule has 1 unspecified atom stereocenters. The van der Waals surface area contributed by atoms with Gasteiger partial charge in [0.05, 0.1) is 10.0 Å².